The van der Waals surface area contributed by atoms with Gasteiger partial charge in [0.15, 0.2) is 5.58 Å². The standard InChI is InChI=1S/C13H18N2O2/c1-9(2)4-6-14-13(16)11-8-12-10(15(11)3)5-7-17-12/h5,7-9H,4,6H2,1-3H3,(H,14,16). The van der Waals surface area contributed by atoms with Gasteiger partial charge in [-0.1, -0.05) is 13.8 Å². The number of carbonyl (C=O) groups excluding carboxylic acids is 1. The Balaban J connectivity index is 2.08. The van der Waals surface area contributed by atoms with Crippen molar-refractivity contribution in [2.24, 2.45) is 13.0 Å². The highest BCUT2D eigenvalue weighted by atomic mass is 16.3. The summed E-state index contributed by atoms with van der Waals surface area (Å²) < 4.78 is 7.12. The fraction of sp³-hybridized carbons (Fsp3) is 0.462. The van der Waals surface area contributed by atoms with Crippen LogP contribution in [0.3, 0.4) is 0 Å². The summed E-state index contributed by atoms with van der Waals surface area (Å²) in [5.41, 5.74) is 2.34. The number of aromatic nitrogens is 1. The summed E-state index contributed by atoms with van der Waals surface area (Å²) >= 11 is 0. The van der Waals surface area contributed by atoms with Gasteiger partial charge in [0, 0.05) is 25.7 Å². The molecule has 0 spiro atoms. The van der Waals surface area contributed by atoms with Gasteiger partial charge in [0.1, 0.15) is 5.69 Å². The van der Waals surface area contributed by atoms with Crippen molar-refractivity contribution in [2.75, 3.05) is 6.54 Å². The number of amides is 1. The molecule has 1 N–H and O–H groups in total. The Bertz CT molecular complexity index is 522. The summed E-state index contributed by atoms with van der Waals surface area (Å²) in [5.74, 6) is 0.555. The molecule has 92 valence electrons. The number of hydrogen-bond donors (Lipinski definition) is 1. The smallest absolute Gasteiger partial charge is 0.268 e. The van der Waals surface area contributed by atoms with Crippen LogP contribution in [0.1, 0.15) is 30.8 Å². The third kappa shape index (κ3) is 2.35. The van der Waals surface area contributed by atoms with Gasteiger partial charge in [-0.2, -0.15) is 0 Å². The van der Waals surface area contributed by atoms with E-state index in [2.05, 4.69) is 19.2 Å². The minimum atomic E-state index is -0.0421. The lowest BCUT2D eigenvalue weighted by atomic mass is 10.1. The highest BCUT2D eigenvalue weighted by Gasteiger charge is 2.14. The Hall–Kier alpha value is -1.71. The molecule has 1 amide bonds. The van der Waals surface area contributed by atoms with Gasteiger partial charge in [-0.15, -0.1) is 0 Å². The molecule has 2 rings (SSSR count). The minimum Gasteiger partial charge on any atom is -0.463 e. The zero-order chi connectivity index (χ0) is 12.4. The Labute approximate surface area is 101 Å². The molecule has 4 heteroatoms. The first-order chi connectivity index (χ1) is 8.09. The van der Waals surface area contributed by atoms with Gasteiger partial charge in [0.05, 0.1) is 11.8 Å². The van der Waals surface area contributed by atoms with Crippen molar-refractivity contribution >= 4 is 17.0 Å². The Kier molecular flexibility index (Phi) is 3.22. The molecule has 0 atom stereocenters. The molecule has 0 saturated heterocycles. The maximum absolute atomic E-state index is 11.9. The maximum atomic E-state index is 11.9. The summed E-state index contributed by atoms with van der Waals surface area (Å²) in [6.07, 6.45) is 2.62. The van der Waals surface area contributed by atoms with Crippen LogP contribution in [0.5, 0.6) is 0 Å². The van der Waals surface area contributed by atoms with E-state index in [1.807, 2.05) is 17.7 Å². The minimum absolute atomic E-state index is 0.0421. The van der Waals surface area contributed by atoms with Crippen LogP contribution in [0.25, 0.3) is 11.1 Å². The lowest BCUT2D eigenvalue weighted by Crippen LogP contribution is -2.27. The molecular formula is C13H18N2O2. The van der Waals surface area contributed by atoms with Crippen LogP contribution < -0.4 is 5.32 Å². The van der Waals surface area contributed by atoms with Gasteiger partial charge in [0.25, 0.3) is 5.91 Å². The van der Waals surface area contributed by atoms with Crippen LogP contribution in [-0.2, 0) is 7.05 Å². The molecule has 17 heavy (non-hydrogen) atoms. The molecule has 2 aromatic rings. The molecule has 4 nitrogen and oxygen atoms in total. The van der Waals surface area contributed by atoms with Crippen LogP contribution in [0, 0.1) is 5.92 Å². The first-order valence-corrected chi connectivity index (χ1v) is 5.90. The van der Waals surface area contributed by atoms with Crippen LogP contribution >= 0.6 is 0 Å². The Morgan fingerprint density at radius 1 is 1.53 bits per heavy atom. The summed E-state index contributed by atoms with van der Waals surface area (Å²) in [6.45, 7) is 4.99. The molecule has 2 aromatic heterocycles. The highest BCUT2D eigenvalue weighted by Crippen LogP contribution is 2.19. The van der Waals surface area contributed by atoms with Crippen molar-refractivity contribution in [1.82, 2.24) is 9.88 Å². The molecule has 0 fully saturated rings. The van der Waals surface area contributed by atoms with E-state index in [1.165, 1.54) is 0 Å². The lowest BCUT2D eigenvalue weighted by Gasteiger charge is -2.07. The largest absolute Gasteiger partial charge is 0.463 e. The van der Waals surface area contributed by atoms with E-state index in [-0.39, 0.29) is 5.91 Å². The number of hydrogen-bond acceptors (Lipinski definition) is 2. The molecule has 2 heterocycles. The molecule has 0 aliphatic heterocycles. The molecule has 0 bridgehead atoms. The van der Waals surface area contributed by atoms with Gasteiger partial charge in [-0.25, -0.2) is 0 Å². The fourth-order valence-electron chi connectivity index (χ4n) is 1.83. The quantitative estimate of drug-likeness (QED) is 0.883. The van der Waals surface area contributed by atoms with Gasteiger partial charge in [-0.05, 0) is 12.3 Å². The van der Waals surface area contributed by atoms with Gasteiger partial charge >= 0.3 is 0 Å². The van der Waals surface area contributed by atoms with Crippen LogP contribution in [0.4, 0.5) is 0 Å². The van der Waals surface area contributed by atoms with E-state index in [9.17, 15) is 4.79 Å². The predicted molar refractivity (Wildman–Crippen MR) is 67.0 cm³/mol. The maximum Gasteiger partial charge on any atom is 0.268 e. The van der Waals surface area contributed by atoms with Crippen LogP contribution in [0.2, 0.25) is 0 Å². The second-order valence-corrected chi connectivity index (χ2v) is 4.70. The number of fused-ring (bicyclic) bond motifs is 1. The number of nitrogens with zero attached hydrogens (tertiary/aromatic N) is 1. The third-order valence-electron chi connectivity index (χ3n) is 2.90. The topological polar surface area (TPSA) is 47.2 Å². The number of nitrogens with one attached hydrogen (secondary N) is 1. The monoisotopic (exact) mass is 234 g/mol. The zero-order valence-corrected chi connectivity index (χ0v) is 10.5. The molecule has 0 unspecified atom stereocenters. The number of aryl methyl sites for hydroxylation is 1. The molecule has 0 aliphatic rings. The van der Waals surface area contributed by atoms with Gasteiger partial charge in [0.2, 0.25) is 0 Å². The molecule has 0 aromatic carbocycles. The van der Waals surface area contributed by atoms with Crippen molar-refractivity contribution in [3.05, 3.63) is 24.1 Å². The Morgan fingerprint density at radius 2 is 2.29 bits per heavy atom. The second kappa shape index (κ2) is 4.65. The van der Waals surface area contributed by atoms with E-state index in [4.69, 9.17) is 4.42 Å². The highest BCUT2D eigenvalue weighted by molar-refractivity contribution is 5.97. The van der Waals surface area contributed by atoms with Crippen LogP contribution in [0.15, 0.2) is 22.8 Å². The van der Waals surface area contributed by atoms with Gasteiger partial charge < -0.3 is 14.3 Å². The first kappa shape index (κ1) is 11.8. The van der Waals surface area contributed by atoms with Crippen molar-refractivity contribution < 1.29 is 9.21 Å². The van der Waals surface area contributed by atoms with E-state index >= 15 is 0 Å². The van der Waals surface area contributed by atoms with Crippen molar-refractivity contribution in [3.63, 3.8) is 0 Å². The van der Waals surface area contributed by atoms with E-state index < -0.39 is 0 Å². The first-order valence-electron chi connectivity index (χ1n) is 5.90. The fourth-order valence-corrected chi connectivity index (χ4v) is 1.83. The normalized spacial score (nSPS) is 11.3. The number of furan rings is 1. The summed E-state index contributed by atoms with van der Waals surface area (Å²) in [4.78, 5) is 11.9. The number of rotatable bonds is 4. The van der Waals surface area contributed by atoms with Gasteiger partial charge in [-0.3, -0.25) is 4.79 Å². The third-order valence-corrected chi connectivity index (χ3v) is 2.90. The predicted octanol–water partition coefficient (Wildman–Crippen LogP) is 2.55. The van der Waals surface area contributed by atoms with Crippen molar-refractivity contribution in [1.29, 1.82) is 0 Å². The van der Waals surface area contributed by atoms with Crippen LogP contribution in [-0.4, -0.2) is 17.0 Å². The summed E-state index contributed by atoms with van der Waals surface area (Å²) in [6, 6.07) is 3.64. The summed E-state index contributed by atoms with van der Waals surface area (Å²) in [5, 5.41) is 2.92. The summed E-state index contributed by atoms with van der Waals surface area (Å²) in [7, 11) is 1.87. The van der Waals surface area contributed by atoms with Crippen molar-refractivity contribution in [2.45, 2.75) is 20.3 Å². The Morgan fingerprint density at radius 3 is 2.94 bits per heavy atom. The zero-order valence-electron chi connectivity index (χ0n) is 10.5. The molecule has 0 aliphatic carbocycles. The molecule has 0 radical (unpaired) electrons. The second-order valence-electron chi connectivity index (χ2n) is 4.70. The van der Waals surface area contributed by atoms with E-state index in [0.29, 0.717) is 18.2 Å². The van der Waals surface area contributed by atoms with E-state index in [0.717, 1.165) is 17.5 Å². The average molecular weight is 234 g/mol. The molecule has 0 saturated carbocycles. The SMILES string of the molecule is CC(C)CCNC(=O)c1cc2occc2n1C. The molecular weight excluding hydrogens is 216 g/mol. The van der Waals surface area contributed by atoms with E-state index in [1.54, 1.807) is 12.3 Å². The number of carbonyl (C=O) groups is 1. The van der Waals surface area contributed by atoms with Crippen molar-refractivity contribution in [3.8, 4) is 0 Å². The lowest BCUT2D eigenvalue weighted by molar-refractivity contribution is 0.0944. The average Bonchev–Trinajstić information content (AvgIpc) is 2.81.